The molecule has 5 nitrogen and oxygen atoms in total. The smallest absolute Gasteiger partial charge is 0.329 e. The summed E-state index contributed by atoms with van der Waals surface area (Å²) in [6.45, 7) is 5.21. The number of nitrogens with zero attached hydrogens (tertiary/aromatic N) is 1. The van der Waals surface area contributed by atoms with Crippen molar-refractivity contribution in [1.29, 1.82) is 0 Å². The van der Waals surface area contributed by atoms with E-state index in [0.29, 0.717) is 13.0 Å². The molecule has 0 aliphatic carbocycles. The highest BCUT2D eigenvalue weighted by molar-refractivity contribution is 5.86. The van der Waals surface area contributed by atoms with Gasteiger partial charge in [0.05, 0.1) is 0 Å². The van der Waals surface area contributed by atoms with Crippen LogP contribution < -0.4 is 5.73 Å². The molecule has 1 unspecified atom stereocenters. The summed E-state index contributed by atoms with van der Waals surface area (Å²) in [6.07, 6.45) is 0.732. The molecule has 5 heteroatoms. The average molecular weight is 292 g/mol. The van der Waals surface area contributed by atoms with E-state index in [4.69, 9.17) is 5.73 Å². The van der Waals surface area contributed by atoms with Crippen LogP contribution in [0.5, 0.6) is 0 Å². The van der Waals surface area contributed by atoms with Crippen LogP contribution in [0.1, 0.15) is 45.2 Å². The van der Waals surface area contributed by atoms with E-state index in [0.717, 1.165) is 5.56 Å². The van der Waals surface area contributed by atoms with Gasteiger partial charge in [-0.25, -0.2) is 4.79 Å². The van der Waals surface area contributed by atoms with Crippen LogP contribution in [0, 0.1) is 0 Å². The number of amides is 1. The highest BCUT2D eigenvalue weighted by Crippen LogP contribution is 2.20. The molecule has 0 spiro atoms. The molecule has 1 rings (SSSR count). The van der Waals surface area contributed by atoms with Crippen LogP contribution in [-0.2, 0) is 9.59 Å². The molecule has 0 aliphatic heterocycles. The second kappa shape index (κ2) is 7.22. The molecule has 21 heavy (non-hydrogen) atoms. The van der Waals surface area contributed by atoms with E-state index in [1.165, 1.54) is 18.7 Å². The molecule has 1 atom stereocenters. The zero-order valence-corrected chi connectivity index (χ0v) is 12.9. The van der Waals surface area contributed by atoms with E-state index in [1.807, 2.05) is 30.3 Å². The highest BCUT2D eigenvalue weighted by Gasteiger charge is 2.36. The lowest BCUT2D eigenvalue weighted by Crippen LogP contribution is -2.52. The van der Waals surface area contributed by atoms with Gasteiger partial charge >= 0.3 is 5.97 Å². The van der Waals surface area contributed by atoms with Gasteiger partial charge in [-0.3, -0.25) is 4.79 Å². The van der Waals surface area contributed by atoms with Crippen LogP contribution in [0.15, 0.2) is 30.3 Å². The van der Waals surface area contributed by atoms with Crippen molar-refractivity contribution in [2.24, 2.45) is 5.73 Å². The van der Waals surface area contributed by atoms with Gasteiger partial charge < -0.3 is 15.7 Å². The number of carbonyl (C=O) groups is 2. The fourth-order valence-corrected chi connectivity index (χ4v) is 2.28. The lowest BCUT2D eigenvalue weighted by molar-refractivity contribution is -0.156. The predicted molar refractivity (Wildman–Crippen MR) is 81.7 cm³/mol. The number of aliphatic carboxylic acids is 1. The van der Waals surface area contributed by atoms with Crippen LogP contribution in [0.3, 0.4) is 0 Å². The number of hydrogen-bond donors (Lipinski definition) is 2. The Bertz CT molecular complexity index is 486. The van der Waals surface area contributed by atoms with Gasteiger partial charge in [-0.1, -0.05) is 30.3 Å². The maximum absolute atomic E-state index is 12.3. The Morgan fingerprint density at radius 1 is 1.29 bits per heavy atom. The normalized spacial score (nSPS) is 12.8. The Hall–Kier alpha value is -1.88. The van der Waals surface area contributed by atoms with Crippen LogP contribution in [0.4, 0.5) is 0 Å². The van der Waals surface area contributed by atoms with E-state index >= 15 is 0 Å². The summed E-state index contributed by atoms with van der Waals surface area (Å²) in [6, 6.07) is 9.35. The van der Waals surface area contributed by atoms with E-state index in [-0.39, 0.29) is 18.4 Å². The van der Waals surface area contributed by atoms with E-state index < -0.39 is 11.5 Å². The average Bonchev–Trinajstić information content (AvgIpc) is 2.46. The molecule has 0 saturated heterocycles. The quantitative estimate of drug-likeness (QED) is 0.806. The molecule has 116 valence electrons. The minimum Gasteiger partial charge on any atom is -0.480 e. The van der Waals surface area contributed by atoms with Crippen molar-refractivity contribution in [3.63, 3.8) is 0 Å². The fraction of sp³-hybridized carbons (Fsp3) is 0.500. The lowest BCUT2D eigenvalue weighted by atomic mass is 9.99. The molecule has 0 radical (unpaired) electrons. The molecule has 1 amide bonds. The Kier molecular flexibility index (Phi) is 5.90. The Morgan fingerprint density at radius 3 is 2.33 bits per heavy atom. The monoisotopic (exact) mass is 292 g/mol. The standard InChI is InChI=1S/C16H24N2O3/c1-4-18(16(2,3)15(20)21)14(19)11-10-13(17)12-8-6-5-7-9-12/h5-9,13H,4,10-11,17H2,1-3H3,(H,20,21). The van der Waals surface area contributed by atoms with Crippen LogP contribution >= 0.6 is 0 Å². The third-order valence-electron chi connectivity index (χ3n) is 3.71. The number of likely N-dealkylation sites (N-methyl/N-ethyl adjacent to an activating group) is 1. The number of carboxylic acids is 1. The first-order chi connectivity index (χ1) is 9.80. The molecule has 1 aromatic carbocycles. The second-order valence-corrected chi connectivity index (χ2v) is 5.56. The van der Waals surface area contributed by atoms with Gasteiger partial charge in [-0.15, -0.1) is 0 Å². The SMILES string of the molecule is CCN(C(=O)CCC(N)c1ccccc1)C(C)(C)C(=O)O. The first-order valence-corrected chi connectivity index (χ1v) is 7.15. The van der Waals surface area contributed by atoms with Crippen molar-refractivity contribution >= 4 is 11.9 Å². The van der Waals surface area contributed by atoms with Crippen molar-refractivity contribution in [1.82, 2.24) is 4.90 Å². The maximum Gasteiger partial charge on any atom is 0.329 e. The zero-order chi connectivity index (χ0) is 16.0. The molecule has 3 N–H and O–H groups in total. The summed E-state index contributed by atoms with van der Waals surface area (Å²) in [4.78, 5) is 24.9. The summed E-state index contributed by atoms with van der Waals surface area (Å²) in [5.74, 6) is -1.19. The molecule has 0 saturated carbocycles. The van der Waals surface area contributed by atoms with E-state index in [2.05, 4.69) is 0 Å². The summed E-state index contributed by atoms with van der Waals surface area (Å²) in [7, 11) is 0. The van der Waals surface area contributed by atoms with Gasteiger partial charge in [0, 0.05) is 19.0 Å². The molecule has 0 aliphatic rings. The largest absolute Gasteiger partial charge is 0.480 e. The van der Waals surface area contributed by atoms with Crippen molar-refractivity contribution in [3.05, 3.63) is 35.9 Å². The Morgan fingerprint density at radius 2 is 1.86 bits per heavy atom. The van der Waals surface area contributed by atoms with E-state index in [1.54, 1.807) is 6.92 Å². The first-order valence-electron chi connectivity index (χ1n) is 7.15. The van der Waals surface area contributed by atoms with Gasteiger partial charge in [0.1, 0.15) is 5.54 Å². The van der Waals surface area contributed by atoms with Crippen LogP contribution in [0.2, 0.25) is 0 Å². The van der Waals surface area contributed by atoms with Gasteiger partial charge in [-0.05, 0) is 32.8 Å². The molecule has 0 aromatic heterocycles. The third kappa shape index (κ3) is 4.29. The fourth-order valence-electron chi connectivity index (χ4n) is 2.28. The summed E-state index contributed by atoms with van der Waals surface area (Å²) in [5, 5.41) is 9.23. The van der Waals surface area contributed by atoms with Crippen LogP contribution in [-0.4, -0.2) is 34.0 Å². The predicted octanol–water partition coefficient (Wildman–Crippen LogP) is 2.18. The zero-order valence-electron chi connectivity index (χ0n) is 12.9. The van der Waals surface area contributed by atoms with Crippen LogP contribution in [0.25, 0.3) is 0 Å². The van der Waals surface area contributed by atoms with Gasteiger partial charge in [0.25, 0.3) is 0 Å². The highest BCUT2D eigenvalue weighted by atomic mass is 16.4. The maximum atomic E-state index is 12.3. The van der Waals surface area contributed by atoms with E-state index in [9.17, 15) is 14.7 Å². The summed E-state index contributed by atoms with van der Waals surface area (Å²) >= 11 is 0. The second-order valence-electron chi connectivity index (χ2n) is 5.56. The topological polar surface area (TPSA) is 83.6 Å². The number of carbonyl (C=O) groups excluding carboxylic acids is 1. The Balaban J connectivity index is 2.66. The van der Waals surface area contributed by atoms with Gasteiger partial charge in [0.2, 0.25) is 5.91 Å². The number of carboxylic acid groups (broad SMARTS) is 1. The lowest BCUT2D eigenvalue weighted by Gasteiger charge is -2.34. The minimum atomic E-state index is -1.21. The molecular weight excluding hydrogens is 268 g/mol. The molecular formula is C16H24N2O3. The van der Waals surface area contributed by atoms with Crippen molar-refractivity contribution in [2.75, 3.05) is 6.54 Å². The molecule has 0 bridgehead atoms. The van der Waals surface area contributed by atoms with Crippen molar-refractivity contribution in [3.8, 4) is 0 Å². The molecule has 1 aromatic rings. The summed E-state index contributed by atoms with van der Waals surface area (Å²) in [5.41, 5.74) is 5.84. The van der Waals surface area contributed by atoms with Crippen molar-refractivity contribution < 1.29 is 14.7 Å². The van der Waals surface area contributed by atoms with Crippen molar-refractivity contribution in [2.45, 2.75) is 45.2 Å². The Labute approximate surface area is 125 Å². The van der Waals surface area contributed by atoms with Gasteiger partial charge in [-0.2, -0.15) is 0 Å². The number of hydrogen-bond acceptors (Lipinski definition) is 3. The number of rotatable bonds is 7. The summed E-state index contributed by atoms with van der Waals surface area (Å²) < 4.78 is 0. The first kappa shape index (κ1) is 17.2. The van der Waals surface area contributed by atoms with Gasteiger partial charge in [0.15, 0.2) is 0 Å². The molecule has 0 heterocycles. The molecule has 0 fully saturated rings. The number of benzene rings is 1. The minimum absolute atomic E-state index is 0.184. The third-order valence-corrected chi connectivity index (χ3v) is 3.71. The number of nitrogens with two attached hydrogens (primary N) is 1.